The maximum atomic E-state index is 10.5. The van der Waals surface area contributed by atoms with E-state index in [0.29, 0.717) is 0 Å². The van der Waals surface area contributed by atoms with Crippen molar-refractivity contribution < 1.29 is 50.0 Å². The maximum Gasteiger partial charge on any atom is 0.187 e. The first kappa shape index (κ1) is 19.4. The van der Waals surface area contributed by atoms with Gasteiger partial charge in [-0.15, -0.1) is 0 Å². The molecule has 130 valence electrons. The summed E-state index contributed by atoms with van der Waals surface area (Å²) in [6, 6.07) is 0. The number of aldehydes is 1. The molecule has 1 unspecified atom stereocenters. The Labute approximate surface area is 126 Å². The lowest BCUT2D eigenvalue weighted by Crippen LogP contribution is -2.60. The van der Waals surface area contributed by atoms with Gasteiger partial charge in [0, 0.05) is 0 Å². The number of aliphatic hydroxyl groups excluding tert-OH is 7. The van der Waals surface area contributed by atoms with Crippen molar-refractivity contribution in [3.63, 3.8) is 0 Å². The van der Waals surface area contributed by atoms with Gasteiger partial charge in [-0.3, -0.25) is 0 Å². The topological polar surface area (TPSA) is 177 Å². The number of ether oxygens (including phenoxy) is 2. The summed E-state index contributed by atoms with van der Waals surface area (Å²) in [6.45, 7) is 0.529. The molecule has 0 aromatic rings. The van der Waals surface area contributed by atoms with Crippen LogP contribution in [0.25, 0.3) is 0 Å². The molecule has 0 spiro atoms. The predicted octanol–water partition coefficient (Wildman–Crippen LogP) is -4.53. The molecule has 1 rings (SSSR count). The highest BCUT2D eigenvalue weighted by molar-refractivity contribution is 5.56. The van der Waals surface area contributed by atoms with Crippen molar-refractivity contribution in [2.24, 2.45) is 0 Å². The van der Waals surface area contributed by atoms with E-state index in [0.717, 1.165) is 0 Å². The lowest BCUT2D eigenvalue weighted by molar-refractivity contribution is -0.320. The average Bonchev–Trinajstić information content (AvgIpc) is 2.52. The quantitative estimate of drug-likeness (QED) is 0.225. The molecule has 1 heterocycles. The van der Waals surface area contributed by atoms with Gasteiger partial charge in [-0.25, -0.2) is 0 Å². The fourth-order valence-electron chi connectivity index (χ4n) is 2.06. The molecule has 9 atom stereocenters. The van der Waals surface area contributed by atoms with Crippen LogP contribution in [0.15, 0.2) is 0 Å². The third-order valence-electron chi connectivity index (χ3n) is 3.49. The zero-order chi connectivity index (χ0) is 17.0. The number of rotatable bonds is 7. The Morgan fingerprint density at radius 1 is 1.14 bits per heavy atom. The van der Waals surface area contributed by atoms with Crippen molar-refractivity contribution in [3.8, 4) is 0 Å². The van der Waals surface area contributed by atoms with Gasteiger partial charge in [0.2, 0.25) is 0 Å². The molecule has 7 N–H and O–H groups in total. The summed E-state index contributed by atoms with van der Waals surface area (Å²) in [5.74, 6) is 0. The van der Waals surface area contributed by atoms with Gasteiger partial charge in [-0.05, 0) is 6.92 Å². The van der Waals surface area contributed by atoms with Crippen molar-refractivity contribution in [2.45, 2.75) is 62.0 Å². The zero-order valence-electron chi connectivity index (χ0n) is 11.8. The summed E-state index contributed by atoms with van der Waals surface area (Å²) in [5, 5.41) is 66.6. The van der Waals surface area contributed by atoms with Crippen LogP contribution in [0, 0.1) is 0 Å². The molecule has 0 saturated carbocycles. The molecule has 1 fully saturated rings. The van der Waals surface area contributed by atoms with Crippen LogP contribution in [0.4, 0.5) is 0 Å². The van der Waals surface area contributed by atoms with E-state index in [2.05, 4.69) is 0 Å². The van der Waals surface area contributed by atoms with Crippen molar-refractivity contribution in [3.05, 3.63) is 0 Å². The highest BCUT2D eigenvalue weighted by Crippen LogP contribution is 2.24. The van der Waals surface area contributed by atoms with Gasteiger partial charge < -0.3 is 50.0 Å². The maximum absolute atomic E-state index is 10.5. The summed E-state index contributed by atoms with van der Waals surface area (Å²) in [5.41, 5.74) is 0. The molecule has 1 aliphatic rings. The normalized spacial score (nSPS) is 38.1. The Balaban J connectivity index is 2.87. The van der Waals surface area contributed by atoms with Crippen molar-refractivity contribution >= 4 is 6.29 Å². The van der Waals surface area contributed by atoms with Crippen molar-refractivity contribution in [1.29, 1.82) is 0 Å². The monoisotopic (exact) mass is 326 g/mol. The molecule has 0 bridgehead atoms. The van der Waals surface area contributed by atoms with Crippen LogP contribution < -0.4 is 0 Å². The van der Waals surface area contributed by atoms with Crippen LogP contribution in [-0.4, -0.2) is 104 Å². The number of carbonyl (C=O) groups is 1. The van der Waals surface area contributed by atoms with Gasteiger partial charge in [-0.2, -0.15) is 0 Å². The second-order valence-corrected chi connectivity index (χ2v) is 5.15. The summed E-state index contributed by atoms with van der Waals surface area (Å²) in [7, 11) is 0. The smallest absolute Gasteiger partial charge is 0.187 e. The highest BCUT2D eigenvalue weighted by atomic mass is 16.7. The molecule has 1 saturated heterocycles. The first-order valence-electron chi connectivity index (χ1n) is 6.70. The van der Waals surface area contributed by atoms with Gasteiger partial charge in [0.05, 0.1) is 12.7 Å². The Hall–Kier alpha value is -0.690. The van der Waals surface area contributed by atoms with Crippen LogP contribution in [-0.2, 0) is 14.3 Å². The van der Waals surface area contributed by atoms with Crippen LogP contribution in [0.3, 0.4) is 0 Å². The van der Waals surface area contributed by atoms with E-state index in [1.54, 1.807) is 0 Å². The molecule has 1 aliphatic heterocycles. The molecule has 10 heteroatoms. The average molecular weight is 326 g/mol. The minimum atomic E-state index is -1.91. The van der Waals surface area contributed by atoms with E-state index < -0.39 is 61.7 Å². The Morgan fingerprint density at radius 2 is 1.73 bits per heavy atom. The Morgan fingerprint density at radius 3 is 2.23 bits per heavy atom. The van der Waals surface area contributed by atoms with E-state index in [-0.39, 0.29) is 6.29 Å². The van der Waals surface area contributed by atoms with Gasteiger partial charge in [0.15, 0.2) is 12.6 Å². The van der Waals surface area contributed by atoms with Crippen LogP contribution in [0.2, 0.25) is 0 Å². The number of carbonyl (C=O) groups excluding carboxylic acids is 1. The largest absolute Gasteiger partial charge is 0.394 e. The van der Waals surface area contributed by atoms with Gasteiger partial charge >= 0.3 is 0 Å². The molecular formula is C12H22O10. The lowest BCUT2D eigenvalue weighted by Gasteiger charge is -2.41. The number of aliphatic hydroxyl groups is 7. The van der Waals surface area contributed by atoms with Gasteiger partial charge in [0.25, 0.3) is 0 Å². The molecule has 0 amide bonds. The minimum absolute atomic E-state index is 0.00447. The van der Waals surface area contributed by atoms with E-state index in [9.17, 15) is 35.4 Å². The third-order valence-corrected chi connectivity index (χ3v) is 3.49. The standard InChI is InChI=1S/C12H22O10/c1-4-7(17)9(19)10(20)12(21-4)22-11(6(16)3-14)8(18)5(15)2-13/h2,4-12,14-20H,3H2,1H3/t4-,5-,6+,7-,8+,9+,10+,11+,12?/m0/s1. The Kier molecular flexibility index (Phi) is 7.25. The SMILES string of the molecule is C[C@@H]1OC(O[C@@H]([C@H](O)[C@@H](O)C=O)[C@H](O)CO)[C@H](O)[C@H](O)[C@H]1O. The molecular weight excluding hydrogens is 304 g/mol. The summed E-state index contributed by atoms with van der Waals surface area (Å²) >= 11 is 0. The van der Waals surface area contributed by atoms with Gasteiger partial charge in [-0.1, -0.05) is 0 Å². The zero-order valence-corrected chi connectivity index (χ0v) is 11.8. The van der Waals surface area contributed by atoms with Crippen LogP contribution in [0.1, 0.15) is 6.92 Å². The first-order chi connectivity index (χ1) is 10.2. The fraction of sp³-hybridized carbons (Fsp3) is 0.917. The first-order valence-corrected chi connectivity index (χ1v) is 6.70. The van der Waals surface area contributed by atoms with Crippen molar-refractivity contribution in [1.82, 2.24) is 0 Å². The van der Waals surface area contributed by atoms with E-state index in [1.807, 2.05) is 0 Å². The molecule has 0 aromatic carbocycles. The highest BCUT2D eigenvalue weighted by Gasteiger charge is 2.45. The second kappa shape index (κ2) is 8.24. The summed E-state index contributed by atoms with van der Waals surface area (Å²) < 4.78 is 10.2. The molecule has 10 nitrogen and oxygen atoms in total. The van der Waals surface area contributed by atoms with Crippen LogP contribution in [0.5, 0.6) is 0 Å². The van der Waals surface area contributed by atoms with E-state index in [1.165, 1.54) is 6.92 Å². The van der Waals surface area contributed by atoms with Crippen LogP contribution >= 0.6 is 0 Å². The lowest BCUT2D eigenvalue weighted by atomic mass is 9.99. The number of hydrogen-bond donors (Lipinski definition) is 7. The molecule has 22 heavy (non-hydrogen) atoms. The molecule has 0 aliphatic carbocycles. The van der Waals surface area contributed by atoms with Crippen molar-refractivity contribution in [2.75, 3.05) is 6.61 Å². The number of hydrogen-bond acceptors (Lipinski definition) is 10. The molecule has 0 radical (unpaired) electrons. The summed E-state index contributed by atoms with van der Waals surface area (Å²) in [4.78, 5) is 10.5. The third kappa shape index (κ3) is 4.19. The minimum Gasteiger partial charge on any atom is -0.394 e. The molecule has 0 aromatic heterocycles. The van der Waals surface area contributed by atoms with Gasteiger partial charge in [0.1, 0.15) is 42.7 Å². The van der Waals surface area contributed by atoms with E-state index >= 15 is 0 Å². The second-order valence-electron chi connectivity index (χ2n) is 5.15. The fourth-order valence-corrected chi connectivity index (χ4v) is 2.06. The Bertz CT molecular complexity index is 353. The van der Waals surface area contributed by atoms with E-state index in [4.69, 9.17) is 14.6 Å². The summed E-state index contributed by atoms with van der Waals surface area (Å²) in [6.07, 6.45) is -14.4. The predicted molar refractivity (Wildman–Crippen MR) is 68.4 cm³/mol.